The van der Waals surface area contributed by atoms with Gasteiger partial charge in [0.25, 0.3) is 0 Å². The Morgan fingerprint density at radius 2 is 0.414 bits per heavy atom. The maximum absolute atomic E-state index is 2.22. The standard InChI is InChI=1S/2C14H14.4C12H12.C7H8.2C2H6/c1-11-3-7-13(8-4-11)14-9-5-12(2)6-10-14;1-11-7-3-5-9-13(11)14-10-6-4-8-12(14)2;1-9-3-5-12-8-10(2)4-6-11(12)7-9;1-9-3-5-11-6-4-10(2)8-12(11)7-9;1-9-5-3-8-12-10(2)6-4-7-11(9)12;1-9-7-8-10(2)12-6-4-3-5-11(9)12;1-7-5-3-2-4-6-7;2*1-2/h2*3-10H,1-2H3;4*3-8H,1-2H3;2-6H,1H3;2*1-2H3. The molecule has 0 saturated carbocycles. The molecule has 0 aliphatic rings. The van der Waals surface area contributed by atoms with Gasteiger partial charge in [-0.05, 0) is 189 Å². The maximum Gasteiger partial charge on any atom is -0.0152 e. The van der Waals surface area contributed by atoms with E-state index < -0.39 is 0 Å². The fourth-order valence-electron chi connectivity index (χ4n) is 9.97. The lowest BCUT2D eigenvalue weighted by Gasteiger charge is -2.08. The molecule has 0 unspecified atom stereocenters. The minimum absolute atomic E-state index is 1.29. The van der Waals surface area contributed by atoms with Crippen LogP contribution in [0.5, 0.6) is 0 Å². The van der Waals surface area contributed by atoms with Gasteiger partial charge in [0.1, 0.15) is 0 Å². The minimum Gasteiger partial charge on any atom is -0.0683 e. The van der Waals surface area contributed by atoms with Crippen LogP contribution in [0.4, 0.5) is 0 Å². The van der Waals surface area contributed by atoms with Gasteiger partial charge >= 0.3 is 0 Å². The summed E-state index contributed by atoms with van der Waals surface area (Å²) < 4.78 is 0. The van der Waals surface area contributed by atoms with Gasteiger partial charge in [-0.1, -0.05) is 340 Å². The largest absolute Gasteiger partial charge is 0.0683 e. The Bertz CT molecular complexity index is 3860. The molecule has 0 fully saturated rings. The molecule has 0 saturated heterocycles. The SMILES string of the molecule is CC.CC.Cc1ccc(-c2ccc(C)cc2)cc1.Cc1ccc(C)c2ccccc12.Cc1ccc2cc(C)ccc2c1.Cc1ccc2ccc(C)cc2c1.Cc1cccc2c(C)cccc12.Cc1ccccc1.Cc1ccccc1-c1ccccc1C. The molecule has 13 rings (SSSR count). The first-order valence-electron chi connectivity index (χ1n) is 31.1. The topological polar surface area (TPSA) is 0 Å². The summed E-state index contributed by atoms with van der Waals surface area (Å²) in [5.41, 5.74) is 22.6. The van der Waals surface area contributed by atoms with Crippen LogP contribution in [-0.4, -0.2) is 0 Å². The normalized spacial score (nSPS) is 9.90. The van der Waals surface area contributed by atoms with Crippen molar-refractivity contribution in [3.8, 4) is 22.3 Å². The Morgan fingerprint density at radius 1 is 0.161 bits per heavy atom. The molecule has 0 N–H and O–H groups in total. The van der Waals surface area contributed by atoms with Crippen LogP contribution in [0, 0.1) is 90.0 Å². The fraction of sp³-hybridized carbons (Fsp3) is 0.195. The van der Waals surface area contributed by atoms with E-state index in [1.165, 1.54) is 138 Å². The minimum atomic E-state index is 1.29. The molecule has 0 heteroatoms. The second kappa shape index (κ2) is 36.0. The molecule has 87 heavy (non-hydrogen) atoms. The highest BCUT2D eigenvalue weighted by Crippen LogP contribution is 2.27. The number of fused-ring (bicyclic) bond motifs is 4. The monoisotopic (exact) mass is 1140 g/mol. The second-order valence-electron chi connectivity index (χ2n) is 22.2. The average Bonchev–Trinajstić information content (AvgIpc) is 3.10. The zero-order chi connectivity index (χ0) is 63.3. The molecule has 444 valence electrons. The van der Waals surface area contributed by atoms with Crippen molar-refractivity contribution < 1.29 is 0 Å². The molecule has 0 radical (unpaired) electrons. The zero-order valence-corrected chi connectivity index (χ0v) is 55.5. The predicted octanol–water partition coefficient (Wildman–Crippen LogP) is 25.8. The number of aryl methyl sites for hydroxylation is 13. The molecule has 0 spiro atoms. The van der Waals surface area contributed by atoms with Crippen molar-refractivity contribution in [3.63, 3.8) is 0 Å². The van der Waals surface area contributed by atoms with E-state index in [4.69, 9.17) is 0 Å². The molecule has 0 bridgehead atoms. The van der Waals surface area contributed by atoms with Crippen molar-refractivity contribution in [2.75, 3.05) is 0 Å². The van der Waals surface area contributed by atoms with Gasteiger partial charge in [0.2, 0.25) is 0 Å². The summed E-state index contributed by atoms with van der Waals surface area (Å²) in [6, 6.07) is 96.5. The molecule has 0 aliphatic carbocycles. The van der Waals surface area contributed by atoms with Crippen LogP contribution in [0.1, 0.15) is 100 Å². The van der Waals surface area contributed by atoms with E-state index in [9.17, 15) is 0 Å². The summed E-state index contributed by atoms with van der Waals surface area (Å²) in [5, 5.41) is 10.8. The van der Waals surface area contributed by atoms with E-state index in [1.807, 2.05) is 45.9 Å². The summed E-state index contributed by atoms with van der Waals surface area (Å²) in [7, 11) is 0. The number of hydrogen-bond acceptors (Lipinski definition) is 0. The Labute approximate surface area is 525 Å². The molecular formula is C87H96. The molecule has 0 heterocycles. The highest BCUT2D eigenvalue weighted by atomic mass is 14.1. The van der Waals surface area contributed by atoms with Crippen molar-refractivity contribution in [1.82, 2.24) is 0 Å². The lowest BCUT2D eigenvalue weighted by Crippen LogP contribution is -1.85. The second-order valence-corrected chi connectivity index (χ2v) is 22.2. The smallest absolute Gasteiger partial charge is 0.0152 e. The first-order valence-corrected chi connectivity index (χ1v) is 31.1. The van der Waals surface area contributed by atoms with E-state index in [0.29, 0.717) is 0 Å². The van der Waals surface area contributed by atoms with Gasteiger partial charge in [-0.25, -0.2) is 0 Å². The van der Waals surface area contributed by atoms with Crippen molar-refractivity contribution in [2.24, 2.45) is 0 Å². The van der Waals surface area contributed by atoms with E-state index in [-0.39, 0.29) is 0 Å². The summed E-state index contributed by atoms with van der Waals surface area (Å²) in [6.07, 6.45) is 0. The van der Waals surface area contributed by atoms with Gasteiger partial charge < -0.3 is 0 Å². The van der Waals surface area contributed by atoms with Crippen LogP contribution in [0.2, 0.25) is 0 Å². The molecule has 0 amide bonds. The van der Waals surface area contributed by atoms with E-state index >= 15 is 0 Å². The van der Waals surface area contributed by atoms with Crippen molar-refractivity contribution in [3.05, 3.63) is 345 Å². The molecule has 13 aromatic rings. The molecular weight excluding hydrogens is 1040 g/mol. The summed E-state index contributed by atoms with van der Waals surface area (Å²) in [5.74, 6) is 0. The van der Waals surface area contributed by atoms with Crippen LogP contribution < -0.4 is 0 Å². The van der Waals surface area contributed by atoms with Gasteiger partial charge in [0.05, 0.1) is 0 Å². The first-order chi connectivity index (χ1) is 42.0. The highest BCUT2D eigenvalue weighted by Gasteiger charge is 2.03. The van der Waals surface area contributed by atoms with Crippen LogP contribution in [0.3, 0.4) is 0 Å². The van der Waals surface area contributed by atoms with Crippen molar-refractivity contribution in [2.45, 2.75) is 118 Å². The Kier molecular flexibility index (Phi) is 28.4. The lowest BCUT2D eigenvalue weighted by atomic mass is 9.97. The van der Waals surface area contributed by atoms with Gasteiger partial charge in [0.15, 0.2) is 0 Å². The van der Waals surface area contributed by atoms with E-state index in [0.717, 1.165) is 0 Å². The molecule has 0 nitrogen and oxygen atoms in total. The number of hydrogen-bond donors (Lipinski definition) is 0. The Balaban J connectivity index is 0.000000184. The Hall–Kier alpha value is -9.10. The summed E-state index contributed by atoms with van der Waals surface area (Å²) >= 11 is 0. The molecule has 13 aromatic carbocycles. The number of benzene rings is 13. The van der Waals surface area contributed by atoms with Gasteiger partial charge in [0, 0.05) is 0 Å². The first kappa shape index (κ1) is 68.7. The quantitative estimate of drug-likeness (QED) is 0.162. The lowest BCUT2D eigenvalue weighted by molar-refractivity contribution is 1.41. The van der Waals surface area contributed by atoms with Gasteiger partial charge in [-0.15, -0.1) is 0 Å². The van der Waals surface area contributed by atoms with Gasteiger partial charge in [-0.2, -0.15) is 0 Å². The number of rotatable bonds is 2. The van der Waals surface area contributed by atoms with Crippen LogP contribution in [0.25, 0.3) is 65.3 Å². The third-order valence-electron chi connectivity index (χ3n) is 15.0. The third kappa shape index (κ3) is 21.7. The van der Waals surface area contributed by atoms with Gasteiger partial charge in [-0.3, -0.25) is 0 Å². The Morgan fingerprint density at radius 3 is 0.747 bits per heavy atom. The molecule has 0 atom stereocenters. The van der Waals surface area contributed by atoms with Crippen LogP contribution in [0.15, 0.2) is 273 Å². The van der Waals surface area contributed by atoms with E-state index in [1.54, 1.807) is 0 Å². The summed E-state index contributed by atoms with van der Waals surface area (Å²) in [6.45, 7) is 35.7. The highest BCUT2D eigenvalue weighted by molar-refractivity contribution is 5.89. The van der Waals surface area contributed by atoms with Crippen molar-refractivity contribution >= 4 is 43.1 Å². The van der Waals surface area contributed by atoms with Crippen molar-refractivity contribution in [1.29, 1.82) is 0 Å². The molecule has 0 aromatic heterocycles. The average molecular weight is 1140 g/mol. The zero-order valence-electron chi connectivity index (χ0n) is 55.5. The fourth-order valence-corrected chi connectivity index (χ4v) is 9.97. The molecule has 0 aliphatic heterocycles. The van der Waals surface area contributed by atoms with Crippen LogP contribution >= 0.6 is 0 Å². The van der Waals surface area contributed by atoms with E-state index in [2.05, 4.69) is 345 Å². The van der Waals surface area contributed by atoms with Crippen LogP contribution in [-0.2, 0) is 0 Å². The maximum atomic E-state index is 2.22. The third-order valence-corrected chi connectivity index (χ3v) is 15.0. The summed E-state index contributed by atoms with van der Waals surface area (Å²) in [4.78, 5) is 0. The predicted molar refractivity (Wildman–Crippen MR) is 390 cm³/mol.